The molecule has 0 radical (unpaired) electrons. The molecule has 17 heavy (non-hydrogen) atoms. The number of amides is 1. The van der Waals surface area contributed by atoms with Crippen LogP contribution in [-0.2, 0) is 9.59 Å². The van der Waals surface area contributed by atoms with Gasteiger partial charge in [0.2, 0.25) is 5.91 Å². The van der Waals surface area contributed by atoms with Crippen molar-refractivity contribution in [3.8, 4) is 12.3 Å². The highest BCUT2D eigenvalue weighted by molar-refractivity contribution is 5.84. The molecule has 1 amide bonds. The Labute approximate surface area is 100 Å². The van der Waals surface area contributed by atoms with Gasteiger partial charge < -0.3 is 15.1 Å². The summed E-state index contributed by atoms with van der Waals surface area (Å²) >= 11 is 0. The molecular formula is C12H17NO4. The van der Waals surface area contributed by atoms with E-state index in [1.807, 2.05) is 0 Å². The molecule has 1 fully saturated rings. The third-order valence-electron chi connectivity index (χ3n) is 2.85. The Morgan fingerprint density at radius 1 is 1.41 bits per heavy atom. The average Bonchev–Trinajstić information content (AvgIpc) is 2.66. The van der Waals surface area contributed by atoms with E-state index in [-0.39, 0.29) is 25.3 Å². The van der Waals surface area contributed by atoms with Crippen molar-refractivity contribution in [2.24, 2.45) is 0 Å². The molecule has 0 aromatic rings. The van der Waals surface area contributed by atoms with Crippen molar-refractivity contribution in [1.82, 2.24) is 4.90 Å². The second kappa shape index (κ2) is 6.26. The van der Waals surface area contributed by atoms with Crippen LogP contribution in [0.5, 0.6) is 0 Å². The average molecular weight is 239 g/mol. The molecule has 1 heterocycles. The first-order valence-corrected chi connectivity index (χ1v) is 5.70. The minimum Gasteiger partial charge on any atom is -0.480 e. The number of hydrogen-bond acceptors (Lipinski definition) is 3. The minimum atomic E-state index is -1.06. The van der Waals surface area contributed by atoms with Crippen molar-refractivity contribution in [3.05, 3.63) is 0 Å². The maximum Gasteiger partial charge on any atom is 0.326 e. The van der Waals surface area contributed by atoms with Crippen molar-refractivity contribution < 1.29 is 19.8 Å². The van der Waals surface area contributed by atoms with Crippen LogP contribution < -0.4 is 0 Å². The summed E-state index contributed by atoms with van der Waals surface area (Å²) in [7, 11) is 0. The normalized spacial score (nSPS) is 23.4. The predicted octanol–water partition coefficient (Wildman–Crippen LogP) is 0.226. The minimum absolute atomic E-state index is 0.116. The molecule has 0 aromatic heterocycles. The number of terminal acetylenes is 1. The number of hydrogen-bond donors (Lipinski definition) is 2. The highest BCUT2D eigenvalue weighted by Crippen LogP contribution is 2.19. The van der Waals surface area contributed by atoms with Crippen molar-refractivity contribution in [2.75, 3.05) is 6.54 Å². The topological polar surface area (TPSA) is 77.8 Å². The summed E-state index contributed by atoms with van der Waals surface area (Å²) in [6.07, 6.45) is 6.81. The van der Waals surface area contributed by atoms with Crippen LogP contribution in [0, 0.1) is 12.3 Å². The Bertz CT molecular complexity index is 334. The highest BCUT2D eigenvalue weighted by atomic mass is 16.4. The largest absolute Gasteiger partial charge is 0.480 e. The predicted molar refractivity (Wildman–Crippen MR) is 61.1 cm³/mol. The maximum atomic E-state index is 11.8. The van der Waals surface area contributed by atoms with E-state index in [0.717, 1.165) is 6.42 Å². The van der Waals surface area contributed by atoms with E-state index in [1.54, 1.807) is 0 Å². The van der Waals surface area contributed by atoms with Crippen molar-refractivity contribution in [3.63, 3.8) is 0 Å². The van der Waals surface area contributed by atoms with Crippen molar-refractivity contribution in [1.29, 1.82) is 0 Å². The highest BCUT2D eigenvalue weighted by Gasteiger charge is 2.38. The van der Waals surface area contributed by atoms with E-state index >= 15 is 0 Å². The molecular weight excluding hydrogens is 222 g/mol. The van der Waals surface area contributed by atoms with Gasteiger partial charge in [-0.1, -0.05) is 0 Å². The van der Waals surface area contributed by atoms with Gasteiger partial charge in [-0.25, -0.2) is 4.79 Å². The molecule has 0 saturated carbocycles. The van der Waals surface area contributed by atoms with Crippen LogP contribution in [0.1, 0.15) is 32.1 Å². The fraction of sp³-hybridized carbons (Fsp3) is 0.667. The van der Waals surface area contributed by atoms with Gasteiger partial charge in [0.05, 0.1) is 6.10 Å². The number of carbonyl (C=O) groups excluding carboxylic acids is 1. The number of aliphatic carboxylic acids is 1. The molecule has 5 nitrogen and oxygen atoms in total. The van der Waals surface area contributed by atoms with Crippen LogP contribution in [0.15, 0.2) is 0 Å². The zero-order valence-corrected chi connectivity index (χ0v) is 9.63. The first-order chi connectivity index (χ1) is 8.06. The Hall–Kier alpha value is -1.54. The zero-order chi connectivity index (χ0) is 12.8. The molecule has 1 aliphatic rings. The number of likely N-dealkylation sites (tertiary alicyclic amines) is 1. The summed E-state index contributed by atoms with van der Waals surface area (Å²) < 4.78 is 0. The molecule has 2 N–H and O–H groups in total. The molecule has 1 aliphatic heterocycles. The second-order valence-electron chi connectivity index (χ2n) is 4.20. The number of aliphatic hydroxyl groups is 1. The second-order valence-corrected chi connectivity index (χ2v) is 4.20. The van der Waals surface area contributed by atoms with E-state index in [4.69, 9.17) is 11.5 Å². The number of carbonyl (C=O) groups is 2. The lowest BCUT2D eigenvalue weighted by atomic mass is 10.1. The number of β-amino-alcohol motifs (C(OH)–C–C–N with tert-alkyl or cyclic N) is 1. The molecule has 1 rings (SSSR count). The fourth-order valence-corrected chi connectivity index (χ4v) is 1.97. The quantitative estimate of drug-likeness (QED) is 0.531. The van der Waals surface area contributed by atoms with Crippen LogP contribution >= 0.6 is 0 Å². The van der Waals surface area contributed by atoms with E-state index in [1.165, 1.54) is 4.90 Å². The molecule has 0 unspecified atom stereocenters. The summed E-state index contributed by atoms with van der Waals surface area (Å²) in [6.45, 7) is 0.116. The van der Waals surface area contributed by atoms with E-state index in [2.05, 4.69) is 5.92 Å². The molecule has 94 valence electrons. The first-order valence-electron chi connectivity index (χ1n) is 5.70. The molecule has 2 atom stereocenters. The molecule has 0 aromatic carbocycles. The molecule has 1 saturated heterocycles. The third kappa shape index (κ3) is 3.75. The summed E-state index contributed by atoms with van der Waals surface area (Å²) in [5.74, 6) is 1.21. The van der Waals surface area contributed by atoms with Crippen LogP contribution in [-0.4, -0.2) is 45.7 Å². The van der Waals surface area contributed by atoms with Gasteiger partial charge in [-0.05, 0) is 12.8 Å². The molecule has 5 heteroatoms. The van der Waals surface area contributed by atoms with Crippen molar-refractivity contribution in [2.45, 2.75) is 44.2 Å². The molecule has 0 spiro atoms. The van der Waals surface area contributed by atoms with E-state index in [9.17, 15) is 14.7 Å². The van der Waals surface area contributed by atoms with Gasteiger partial charge in [-0.2, -0.15) is 0 Å². The Morgan fingerprint density at radius 2 is 2.12 bits per heavy atom. The summed E-state index contributed by atoms with van der Waals surface area (Å²) in [6, 6.07) is -0.884. The first kappa shape index (κ1) is 13.5. The SMILES string of the molecule is C#CCCCCC(=O)N1C[C@@H](O)C[C@H]1C(=O)O. The van der Waals surface area contributed by atoms with Gasteiger partial charge in [-0.3, -0.25) is 4.79 Å². The smallest absolute Gasteiger partial charge is 0.326 e. The van der Waals surface area contributed by atoms with Gasteiger partial charge >= 0.3 is 5.97 Å². The number of nitrogens with zero attached hydrogens (tertiary/aromatic N) is 1. The number of carboxylic acid groups (broad SMARTS) is 1. The number of unbranched alkanes of at least 4 members (excludes halogenated alkanes) is 2. The van der Waals surface area contributed by atoms with E-state index in [0.29, 0.717) is 12.8 Å². The molecule has 0 bridgehead atoms. The fourth-order valence-electron chi connectivity index (χ4n) is 1.97. The summed E-state index contributed by atoms with van der Waals surface area (Å²) in [5.41, 5.74) is 0. The van der Waals surface area contributed by atoms with Crippen molar-refractivity contribution >= 4 is 11.9 Å². The van der Waals surface area contributed by atoms with Gasteiger partial charge in [0.25, 0.3) is 0 Å². The monoisotopic (exact) mass is 239 g/mol. The standard InChI is InChI=1S/C12H17NO4/c1-2-3-4-5-6-11(15)13-8-9(14)7-10(13)12(16)17/h1,9-10,14H,3-8H2,(H,16,17)/t9-,10-/m0/s1. The Kier molecular flexibility index (Phi) is 4.98. The van der Waals surface area contributed by atoms with Gasteiger partial charge in [0.1, 0.15) is 6.04 Å². The lowest BCUT2D eigenvalue weighted by molar-refractivity contribution is -0.148. The third-order valence-corrected chi connectivity index (χ3v) is 2.85. The van der Waals surface area contributed by atoms with Crippen LogP contribution in [0.2, 0.25) is 0 Å². The van der Waals surface area contributed by atoms with Crippen LogP contribution in [0.25, 0.3) is 0 Å². The maximum absolute atomic E-state index is 11.8. The Balaban J connectivity index is 2.44. The number of carboxylic acids is 1. The zero-order valence-electron chi connectivity index (χ0n) is 9.63. The van der Waals surface area contributed by atoms with Crippen LogP contribution in [0.4, 0.5) is 0 Å². The summed E-state index contributed by atoms with van der Waals surface area (Å²) in [4.78, 5) is 23.9. The van der Waals surface area contributed by atoms with Gasteiger partial charge in [0, 0.05) is 25.8 Å². The van der Waals surface area contributed by atoms with E-state index < -0.39 is 18.1 Å². The lowest BCUT2D eigenvalue weighted by Gasteiger charge is -2.20. The van der Waals surface area contributed by atoms with Gasteiger partial charge in [0.15, 0.2) is 0 Å². The Morgan fingerprint density at radius 3 is 2.71 bits per heavy atom. The lowest BCUT2D eigenvalue weighted by Crippen LogP contribution is -2.40. The van der Waals surface area contributed by atoms with Crippen LogP contribution in [0.3, 0.4) is 0 Å². The number of rotatable bonds is 5. The molecule has 0 aliphatic carbocycles. The van der Waals surface area contributed by atoms with Gasteiger partial charge in [-0.15, -0.1) is 12.3 Å². The number of aliphatic hydroxyl groups excluding tert-OH is 1. The summed E-state index contributed by atoms with van der Waals surface area (Å²) in [5, 5.41) is 18.3.